The van der Waals surface area contributed by atoms with Crippen LogP contribution in [0.1, 0.15) is 34.8 Å². The lowest BCUT2D eigenvalue weighted by Crippen LogP contribution is -2.21. The minimum Gasteiger partial charge on any atom is -0.375 e. The van der Waals surface area contributed by atoms with Gasteiger partial charge in [-0.2, -0.15) is 23.4 Å². The zero-order chi connectivity index (χ0) is 23.9. The number of rotatable bonds is 5. The molecule has 1 atom stereocenters. The number of alkyl halides is 3. The van der Waals surface area contributed by atoms with Gasteiger partial charge in [-0.15, -0.1) is 0 Å². The second-order valence-electron chi connectivity index (χ2n) is 6.91. The first-order chi connectivity index (χ1) is 15.6. The van der Waals surface area contributed by atoms with Crippen molar-refractivity contribution in [2.45, 2.75) is 19.2 Å². The smallest absolute Gasteiger partial charge is 0.375 e. The van der Waals surface area contributed by atoms with E-state index in [1.54, 1.807) is 6.92 Å². The summed E-state index contributed by atoms with van der Waals surface area (Å²) in [4.78, 5) is 16.9. The SMILES string of the molecule is CO[C@H](C)c1ncc(NC(=O)c2cnn(-c3ccc(Cl)n4nccc34)c2C(F)(F)F)cc1Cl. The van der Waals surface area contributed by atoms with Gasteiger partial charge in [0.25, 0.3) is 5.91 Å². The minimum atomic E-state index is -4.90. The molecule has 33 heavy (non-hydrogen) atoms. The molecule has 0 aliphatic heterocycles. The Kier molecular flexibility index (Phi) is 6.04. The number of nitrogens with one attached hydrogen (secondary N) is 1. The molecule has 0 aromatic carbocycles. The maximum absolute atomic E-state index is 14.0. The molecular formula is C20H15Cl2F3N6O2. The molecule has 8 nitrogen and oxygen atoms in total. The molecule has 0 saturated carbocycles. The molecule has 0 spiro atoms. The molecule has 0 saturated heterocycles. The number of halogens is 5. The van der Waals surface area contributed by atoms with Crippen LogP contribution in [0.3, 0.4) is 0 Å². The molecule has 4 aromatic heterocycles. The first-order valence-corrected chi connectivity index (χ1v) is 10.1. The quantitative estimate of drug-likeness (QED) is 0.382. The Morgan fingerprint density at radius 3 is 2.61 bits per heavy atom. The number of carbonyl (C=O) groups is 1. The highest BCUT2D eigenvalue weighted by molar-refractivity contribution is 6.31. The van der Waals surface area contributed by atoms with Crippen LogP contribution in [-0.4, -0.2) is 37.4 Å². The maximum atomic E-state index is 14.0. The van der Waals surface area contributed by atoms with Gasteiger partial charge in [-0.1, -0.05) is 23.2 Å². The van der Waals surface area contributed by atoms with Crippen molar-refractivity contribution in [3.63, 3.8) is 0 Å². The fraction of sp³-hybridized carbons (Fsp3) is 0.200. The minimum absolute atomic E-state index is 0.0471. The summed E-state index contributed by atoms with van der Waals surface area (Å²) in [5.41, 5.74) is -1.07. The third-order valence-corrected chi connectivity index (χ3v) is 5.45. The molecule has 172 valence electrons. The Morgan fingerprint density at radius 2 is 1.94 bits per heavy atom. The van der Waals surface area contributed by atoms with E-state index in [0.717, 1.165) is 6.20 Å². The number of hydrogen-bond acceptors (Lipinski definition) is 5. The lowest BCUT2D eigenvalue weighted by molar-refractivity contribution is -0.143. The lowest BCUT2D eigenvalue weighted by Gasteiger charge is -2.14. The van der Waals surface area contributed by atoms with E-state index in [1.165, 1.54) is 48.3 Å². The molecule has 13 heteroatoms. The average Bonchev–Trinajstić information content (AvgIpc) is 3.41. The van der Waals surface area contributed by atoms with Crippen LogP contribution < -0.4 is 5.32 Å². The summed E-state index contributed by atoms with van der Waals surface area (Å²) in [6.07, 6.45) is -1.79. The first kappa shape index (κ1) is 23.0. The molecule has 0 aliphatic carbocycles. The summed E-state index contributed by atoms with van der Waals surface area (Å²) in [5.74, 6) is -1.03. The van der Waals surface area contributed by atoms with Gasteiger partial charge in [0.1, 0.15) is 5.15 Å². The zero-order valence-electron chi connectivity index (χ0n) is 17.1. The van der Waals surface area contributed by atoms with Crippen molar-refractivity contribution in [2.75, 3.05) is 12.4 Å². The topological polar surface area (TPSA) is 86.3 Å². The summed E-state index contributed by atoms with van der Waals surface area (Å²) >= 11 is 12.2. The van der Waals surface area contributed by atoms with E-state index in [4.69, 9.17) is 27.9 Å². The normalized spacial score (nSPS) is 12.8. The van der Waals surface area contributed by atoms with E-state index in [-0.39, 0.29) is 27.1 Å². The van der Waals surface area contributed by atoms with Gasteiger partial charge in [-0.05, 0) is 31.2 Å². The molecule has 4 rings (SSSR count). The summed E-state index contributed by atoms with van der Waals surface area (Å²) in [6.45, 7) is 1.73. The molecule has 4 aromatic rings. The number of methoxy groups -OCH3 is 1. The Bertz CT molecular complexity index is 1350. The second kappa shape index (κ2) is 8.65. The van der Waals surface area contributed by atoms with Crippen LogP contribution in [-0.2, 0) is 10.9 Å². The van der Waals surface area contributed by atoms with Gasteiger partial charge in [0.15, 0.2) is 5.69 Å². The van der Waals surface area contributed by atoms with Gasteiger partial charge >= 0.3 is 6.18 Å². The van der Waals surface area contributed by atoms with Crippen LogP contribution in [0.25, 0.3) is 11.2 Å². The lowest BCUT2D eigenvalue weighted by atomic mass is 10.2. The highest BCUT2D eigenvalue weighted by atomic mass is 35.5. The van der Waals surface area contributed by atoms with Crippen molar-refractivity contribution >= 4 is 40.3 Å². The van der Waals surface area contributed by atoms with Gasteiger partial charge in [0.05, 0.1) is 57.9 Å². The predicted octanol–water partition coefficient (Wildman–Crippen LogP) is 5.20. The monoisotopic (exact) mass is 498 g/mol. The third kappa shape index (κ3) is 4.26. The number of nitrogens with zero attached hydrogens (tertiary/aromatic N) is 5. The summed E-state index contributed by atoms with van der Waals surface area (Å²) in [7, 11) is 1.48. The number of aromatic nitrogens is 5. The molecule has 0 unspecified atom stereocenters. The highest BCUT2D eigenvalue weighted by Crippen LogP contribution is 2.35. The first-order valence-electron chi connectivity index (χ1n) is 9.39. The van der Waals surface area contributed by atoms with Crippen molar-refractivity contribution in [1.29, 1.82) is 0 Å². The molecule has 1 N–H and O–H groups in total. The van der Waals surface area contributed by atoms with E-state index < -0.39 is 29.4 Å². The summed E-state index contributed by atoms with van der Waals surface area (Å²) in [5, 5.41) is 10.6. The summed E-state index contributed by atoms with van der Waals surface area (Å²) < 4.78 is 49.2. The molecule has 0 aliphatic rings. The van der Waals surface area contributed by atoms with Crippen molar-refractivity contribution in [1.82, 2.24) is 24.4 Å². The van der Waals surface area contributed by atoms with Crippen LogP contribution in [0.4, 0.5) is 18.9 Å². The van der Waals surface area contributed by atoms with Gasteiger partial charge < -0.3 is 10.1 Å². The third-order valence-electron chi connectivity index (χ3n) is 4.86. The van der Waals surface area contributed by atoms with Crippen molar-refractivity contribution in [3.8, 4) is 5.69 Å². The molecule has 1 amide bonds. The van der Waals surface area contributed by atoms with Gasteiger partial charge in [-0.3, -0.25) is 9.78 Å². The number of hydrogen-bond donors (Lipinski definition) is 1. The van der Waals surface area contributed by atoms with E-state index in [0.29, 0.717) is 10.4 Å². The highest BCUT2D eigenvalue weighted by Gasteiger charge is 2.41. The fourth-order valence-electron chi connectivity index (χ4n) is 3.25. The van der Waals surface area contributed by atoms with Crippen LogP contribution >= 0.6 is 23.2 Å². The second-order valence-corrected chi connectivity index (χ2v) is 7.70. The Labute approximate surface area is 194 Å². The Balaban J connectivity index is 1.74. The molecule has 0 radical (unpaired) electrons. The average molecular weight is 499 g/mol. The summed E-state index contributed by atoms with van der Waals surface area (Å²) in [6, 6.07) is 5.61. The Hall–Kier alpha value is -3.15. The Morgan fingerprint density at radius 1 is 1.18 bits per heavy atom. The molecule has 4 heterocycles. The number of pyridine rings is 2. The predicted molar refractivity (Wildman–Crippen MR) is 115 cm³/mol. The van der Waals surface area contributed by atoms with E-state index in [9.17, 15) is 18.0 Å². The van der Waals surface area contributed by atoms with Gasteiger partial charge in [0, 0.05) is 7.11 Å². The standard InChI is InChI=1S/C20H15Cl2F3N6O2/c1-10(33-2)17-13(21)7-11(8-26-17)29-19(32)12-9-28-31(18(12)20(23,24)25)14-3-4-16(22)30-15(14)5-6-27-30/h3-10H,1-2H3,(H,29,32)/t10-/m1/s1. The van der Waals surface area contributed by atoms with Gasteiger partial charge in [-0.25, -0.2) is 9.20 Å². The largest absolute Gasteiger partial charge is 0.434 e. The van der Waals surface area contributed by atoms with Crippen molar-refractivity contribution < 1.29 is 22.7 Å². The number of amides is 1. The van der Waals surface area contributed by atoms with E-state index in [2.05, 4.69) is 20.5 Å². The number of carbonyl (C=O) groups excluding carboxylic acids is 1. The van der Waals surface area contributed by atoms with Crippen LogP contribution in [0.15, 0.2) is 42.9 Å². The molecule has 0 bridgehead atoms. The van der Waals surface area contributed by atoms with Crippen LogP contribution in [0.5, 0.6) is 0 Å². The zero-order valence-corrected chi connectivity index (χ0v) is 18.6. The van der Waals surface area contributed by atoms with E-state index >= 15 is 0 Å². The number of anilines is 1. The molecule has 0 fully saturated rings. The van der Waals surface area contributed by atoms with Gasteiger partial charge in [0.2, 0.25) is 0 Å². The van der Waals surface area contributed by atoms with Crippen molar-refractivity contribution in [2.24, 2.45) is 0 Å². The molecular weight excluding hydrogens is 484 g/mol. The number of ether oxygens (including phenoxy) is 1. The van der Waals surface area contributed by atoms with Crippen LogP contribution in [0, 0.1) is 0 Å². The maximum Gasteiger partial charge on any atom is 0.434 e. The van der Waals surface area contributed by atoms with Crippen LogP contribution in [0.2, 0.25) is 10.2 Å². The number of fused-ring (bicyclic) bond motifs is 1. The van der Waals surface area contributed by atoms with Crippen molar-refractivity contribution in [3.05, 3.63) is 70.0 Å². The van der Waals surface area contributed by atoms with E-state index in [1.807, 2.05) is 0 Å². The fourth-order valence-corrected chi connectivity index (χ4v) is 3.76.